The maximum Gasteiger partial charge on any atom is 0.315 e. The molecule has 0 aromatic rings. The zero-order valence-electron chi connectivity index (χ0n) is 13.0. The number of hydrogen-bond acceptors (Lipinski definition) is 6. The van der Waals surface area contributed by atoms with Gasteiger partial charge in [-0.1, -0.05) is 6.42 Å². The lowest BCUT2D eigenvalue weighted by Crippen LogP contribution is -2.36. The third kappa shape index (κ3) is 6.44. The van der Waals surface area contributed by atoms with Crippen molar-refractivity contribution in [3.05, 3.63) is 0 Å². The lowest BCUT2D eigenvalue weighted by atomic mass is 10.0. The molecule has 10 heteroatoms. The van der Waals surface area contributed by atoms with E-state index in [0.717, 1.165) is 25.0 Å². The number of urea groups is 1. The molecule has 0 aliphatic carbocycles. The summed E-state index contributed by atoms with van der Waals surface area (Å²) in [6.07, 6.45) is 4.57. The fourth-order valence-electron chi connectivity index (χ4n) is 2.75. The molecule has 0 spiro atoms. The fourth-order valence-corrected chi connectivity index (χ4v) is 4.88. The molecular formula is C13H23N3O4S3. The molecule has 2 aliphatic rings. The predicted molar refractivity (Wildman–Crippen MR) is 94.4 cm³/mol. The van der Waals surface area contributed by atoms with Crippen molar-refractivity contribution in [3.8, 4) is 0 Å². The molecule has 0 bridgehead atoms. The SMILES string of the molecule is CS(=O)(=S)OCCNC(=O)CCCC[C@@H]1SC[C@@H]2NC(=O)N[C@@H]21. The Hall–Kier alpha value is -0.580. The van der Waals surface area contributed by atoms with Crippen LogP contribution in [0.2, 0.25) is 0 Å². The monoisotopic (exact) mass is 381 g/mol. The van der Waals surface area contributed by atoms with Crippen molar-refractivity contribution in [1.29, 1.82) is 0 Å². The molecule has 132 valence electrons. The highest BCUT2D eigenvalue weighted by Crippen LogP contribution is 2.33. The van der Waals surface area contributed by atoms with Gasteiger partial charge in [0.2, 0.25) is 5.91 Å². The molecule has 0 aromatic heterocycles. The second-order valence-electron chi connectivity index (χ2n) is 5.74. The summed E-state index contributed by atoms with van der Waals surface area (Å²) in [7, 11) is -2.62. The standard InChI is InChI=1S/C13H23N3O4S3/c1-23(19,21)20-7-6-14-11(17)5-3-2-4-10-12-9(8-22-10)15-13(18)16-12/h9-10,12H,2-8H2,1H3,(H,14,17)(H2,15,16,18)/t9-,10-,12-,23?/m0/s1. The molecule has 2 rings (SSSR count). The van der Waals surface area contributed by atoms with Crippen LogP contribution in [0.25, 0.3) is 0 Å². The van der Waals surface area contributed by atoms with Crippen molar-refractivity contribution in [2.24, 2.45) is 0 Å². The van der Waals surface area contributed by atoms with Crippen molar-refractivity contribution < 1.29 is 18.0 Å². The van der Waals surface area contributed by atoms with Crippen LogP contribution >= 0.6 is 11.8 Å². The van der Waals surface area contributed by atoms with Crippen molar-refractivity contribution in [3.63, 3.8) is 0 Å². The van der Waals surface area contributed by atoms with Gasteiger partial charge in [-0.2, -0.15) is 11.8 Å². The van der Waals surface area contributed by atoms with E-state index < -0.39 is 8.77 Å². The Bertz CT molecular complexity index is 541. The molecule has 3 N–H and O–H groups in total. The van der Waals surface area contributed by atoms with Crippen LogP contribution in [-0.4, -0.2) is 58.6 Å². The van der Waals surface area contributed by atoms with Crippen LogP contribution in [0.3, 0.4) is 0 Å². The number of amides is 3. The van der Waals surface area contributed by atoms with Gasteiger partial charge in [-0.05, 0) is 12.8 Å². The van der Waals surface area contributed by atoms with E-state index in [2.05, 4.69) is 27.1 Å². The molecule has 1 unspecified atom stereocenters. The van der Waals surface area contributed by atoms with Gasteiger partial charge in [-0.25, -0.2) is 9.00 Å². The van der Waals surface area contributed by atoms with Gasteiger partial charge in [0, 0.05) is 41.4 Å². The Morgan fingerprint density at radius 3 is 3.00 bits per heavy atom. The molecule has 23 heavy (non-hydrogen) atoms. The first-order chi connectivity index (χ1) is 10.8. The Balaban J connectivity index is 1.52. The van der Waals surface area contributed by atoms with Crippen LogP contribution < -0.4 is 16.0 Å². The van der Waals surface area contributed by atoms with Crippen LogP contribution in [-0.2, 0) is 28.9 Å². The highest BCUT2D eigenvalue weighted by molar-refractivity contribution is 8.29. The maximum atomic E-state index is 11.7. The normalized spacial score (nSPS) is 28.6. The number of nitrogens with one attached hydrogen (secondary N) is 3. The first-order valence-electron chi connectivity index (χ1n) is 7.65. The number of fused-ring (bicyclic) bond motifs is 1. The molecule has 3 amide bonds. The van der Waals surface area contributed by atoms with E-state index >= 15 is 0 Å². The molecule has 2 aliphatic heterocycles. The van der Waals surface area contributed by atoms with Crippen LogP contribution in [0, 0.1) is 0 Å². The molecule has 0 saturated carbocycles. The summed E-state index contributed by atoms with van der Waals surface area (Å²) < 4.78 is 16.0. The minimum Gasteiger partial charge on any atom is -0.354 e. The number of thioether (sulfide) groups is 1. The summed E-state index contributed by atoms with van der Waals surface area (Å²) in [5.74, 6) is 0.922. The highest BCUT2D eigenvalue weighted by atomic mass is 32.8. The van der Waals surface area contributed by atoms with Crippen molar-refractivity contribution >= 4 is 43.7 Å². The number of hydrogen-bond donors (Lipinski definition) is 3. The first kappa shape index (κ1) is 18.8. The number of carbonyl (C=O) groups is 2. The summed E-state index contributed by atoms with van der Waals surface area (Å²) in [6, 6.07) is 0.404. The quantitative estimate of drug-likeness (QED) is 0.388. The van der Waals surface area contributed by atoms with Crippen LogP contribution in [0.15, 0.2) is 0 Å². The third-order valence-electron chi connectivity index (χ3n) is 3.80. The molecule has 2 saturated heterocycles. The third-order valence-corrected chi connectivity index (χ3v) is 6.19. The number of rotatable bonds is 9. The Morgan fingerprint density at radius 2 is 2.26 bits per heavy atom. The maximum absolute atomic E-state index is 11.7. The van der Waals surface area contributed by atoms with Gasteiger partial charge in [-0.15, -0.1) is 0 Å². The average molecular weight is 382 g/mol. The van der Waals surface area contributed by atoms with E-state index in [4.69, 9.17) is 4.18 Å². The van der Waals surface area contributed by atoms with Crippen molar-refractivity contribution in [2.75, 3.05) is 25.2 Å². The van der Waals surface area contributed by atoms with E-state index in [-0.39, 0.29) is 30.6 Å². The summed E-state index contributed by atoms with van der Waals surface area (Å²) in [5.41, 5.74) is 0. The summed E-state index contributed by atoms with van der Waals surface area (Å²) in [6.45, 7) is 0.485. The second-order valence-corrected chi connectivity index (χ2v) is 10.5. The van der Waals surface area contributed by atoms with Gasteiger partial charge >= 0.3 is 6.03 Å². The Kier molecular flexibility index (Phi) is 6.93. The molecule has 2 heterocycles. The lowest BCUT2D eigenvalue weighted by molar-refractivity contribution is -0.121. The van der Waals surface area contributed by atoms with Gasteiger partial charge in [0.1, 0.15) is 8.77 Å². The van der Waals surface area contributed by atoms with Crippen LogP contribution in [0.4, 0.5) is 4.79 Å². The molecule has 2 fully saturated rings. The number of unbranched alkanes of at least 4 members (excludes halogenated alkanes) is 1. The van der Waals surface area contributed by atoms with Crippen molar-refractivity contribution in [1.82, 2.24) is 16.0 Å². The van der Waals surface area contributed by atoms with Gasteiger partial charge in [0.25, 0.3) is 0 Å². The highest BCUT2D eigenvalue weighted by Gasteiger charge is 2.42. The zero-order valence-corrected chi connectivity index (χ0v) is 15.5. The molecule has 7 nitrogen and oxygen atoms in total. The molecule has 4 atom stereocenters. The number of carbonyl (C=O) groups excluding carboxylic acids is 2. The van der Waals surface area contributed by atoms with E-state index in [0.29, 0.717) is 18.2 Å². The zero-order chi connectivity index (χ0) is 16.9. The summed E-state index contributed by atoms with van der Waals surface area (Å²) in [5, 5.41) is 9.03. The Labute approximate surface area is 145 Å². The molecule has 0 radical (unpaired) electrons. The lowest BCUT2D eigenvalue weighted by Gasteiger charge is -2.16. The minimum atomic E-state index is -2.62. The topological polar surface area (TPSA) is 96.5 Å². The summed E-state index contributed by atoms with van der Waals surface area (Å²) in [4.78, 5) is 22.9. The molecule has 0 aromatic carbocycles. The van der Waals surface area contributed by atoms with Crippen molar-refractivity contribution in [2.45, 2.75) is 43.0 Å². The second kappa shape index (κ2) is 8.50. The van der Waals surface area contributed by atoms with Crippen LogP contribution in [0.5, 0.6) is 0 Å². The van der Waals surface area contributed by atoms with Gasteiger partial charge in [-0.3, -0.25) is 8.98 Å². The van der Waals surface area contributed by atoms with Gasteiger partial charge in [0.15, 0.2) is 0 Å². The smallest absolute Gasteiger partial charge is 0.315 e. The predicted octanol–water partition coefficient (Wildman–Crippen LogP) is 0.136. The van der Waals surface area contributed by atoms with Gasteiger partial charge in [0.05, 0.1) is 18.7 Å². The van der Waals surface area contributed by atoms with E-state index in [1.54, 1.807) is 0 Å². The largest absolute Gasteiger partial charge is 0.354 e. The van der Waals surface area contributed by atoms with Gasteiger partial charge < -0.3 is 16.0 Å². The Morgan fingerprint density at radius 1 is 1.48 bits per heavy atom. The fraction of sp³-hybridized carbons (Fsp3) is 0.846. The molecular weight excluding hydrogens is 358 g/mol. The van der Waals surface area contributed by atoms with E-state index in [1.807, 2.05) is 11.8 Å². The van der Waals surface area contributed by atoms with E-state index in [9.17, 15) is 13.8 Å². The first-order valence-corrected chi connectivity index (χ1v) is 11.5. The average Bonchev–Trinajstić information content (AvgIpc) is 2.98. The van der Waals surface area contributed by atoms with E-state index in [1.165, 1.54) is 6.26 Å². The minimum absolute atomic E-state index is 0.0339. The van der Waals surface area contributed by atoms with Crippen LogP contribution in [0.1, 0.15) is 25.7 Å². The summed E-state index contributed by atoms with van der Waals surface area (Å²) >= 11 is 6.48.